The van der Waals surface area contributed by atoms with Crippen molar-refractivity contribution in [1.29, 1.82) is 0 Å². The fourth-order valence-electron chi connectivity index (χ4n) is 2.99. The maximum atomic E-state index is 12.6. The normalized spacial score (nSPS) is 11.9. The Labute approximate surface area is 158 Å². The highest BCUT2D eigenvalue weighted by Crippen LogP contribution is 2.19. The summed E-state index contributed by atoms with van der Waals surface area (Å²) in [5.74, 6) is -0.435. The fraction of sp³-hybridized carbons (Fsp3) is 0.100. The van der Waals surface area contributed by atoms with Crippen molar-refractivity contribution in [3.05, 3.63) is 76.0 Å². The maximum Gasteiger partial charge on any atom is 0.345 e. The Morgan fingerprint density at radius 3 is 2.89 bits per heavy atom. The molecule has 0 spiro atoms. The van der Waals surface area contributed by atoms with Crippen molar-refractivity contribution in [2.75, 3.05) is 0 Å². The minimum Gasteiger partial charge on any atom is -0.508 e. The van der Waals surface area contributed by atoms with Crippen LogP contribution >= 0.6 is 0 Å². The largest absolute Gasteiger partial charge is 0.508 e. The number of nitrogens with zero attached hydrogens (tertiary/aromatic N) is 3. The minimum atomic E-state index is -0.611. The number of fused-ring (bicyclic) bond motifs is 2. The van der Waals surface area contributed by atoms with Gasteiger partial charge in [-0.3, -0.25) is 9.20 Å². The first-order valence-corrected chi connectivity index (χ1v) is 8.49. The van der Waals surface area contributed by atoms with E-state index in [0.29, 0.717) is 28.1 Å². The number of hydrazone groups is 1. The molecule has 1 amide bonds. The van der Waals surface area contributed by atoms with Crippen LogP contribution in [0.3, 0.4) is 0 Å². The number of hydrogen-bond donors (Lipinski definition) is 2. The number of carbonyl (C=O) groups excluding carboxylic acids is 1. The molecule has 0 unspecified atom stereocenters. The summed E-state index contributed by atoms with van der Waals surface area (Å²) >= 11 is 0. The second-order valence-corrected chi connectivity index (χ2v) is 6.28. The number of phenols is 1. The van der Waals surface area contributed by atoms with Gasteiger partial charge in [-0.1, -0.05) is 6.07 Å². The van der Waals surface area contributed by atoms with Crippen LogP contribution in [-0.2, 0) is 0 Å². The monoisotopic (exact) mass is 376 g/mol. The van der Waals surface area contributed by atoms with Crippen molar-refractivity contribution < 1.29 is 14.3 Å². The summed E-state index contributed by atoms with van der Waals surface area (Å²) < 4.78 is 6.90. The van der Waals surface area contributed by atoms with Crippen LogP contribution in [0.4, 0.5) is 0 Å². The van der Waals surface area contributed by atoms with E-state index in [1.54, 1.807) is 48.7 Å². The summed E-state index contributed by atoms with van der Waals surface area (Å²) in [5.41, 5.74) is 4.23. The lowest BCUT2D eigenvalue weighted by Gasteiger charge is -2.04. The second-order valence-electron chi connectivity index (χ2n) is 6.28. The molecular weight excluding hydrogens is 360 g/mol. The summed E-state index contributed by atoms with van der Waals surface area (Å²) in [7, 11) is 0. The van der Waals surface area contributed by atoms with Gasteiger partial charge in [-0.2, -0.15) is 5.10 Å². The Hall–Kier alpha value is -3.94. The van der Waals surface area contributed by atoms with Gasteiger partial charge in [0, 0.05) is 17.6 Å². The van der Waals surface area contributed by atoms with Crippen LogP contribution < -0.4 is 11.1 Å². The summed E-state index contributed by atoms with van der Waals surface area (Å²) in [5, 5.41) is 14.2. The van der Waals surface area contributed by atoms with E-state index >= 15 is 0 Å². The lowest BCUT2D eigenvalue weighted by molar-refractivity contribution is 0.0948. The number of aromatic nitrogens is 2. The molecule has 0 saturated carbocycles. The predicted octanol–water partition coefficient (Wildman–Crippen LogP) is 2.61. The third kappa shape index (κ3) is 3.01. The van der Waals surface area contributed by atoms with Crippen LogP contribution in [0.5, 0.6) is 5.75 Å². The van der Waals surface area contributed by atoms with Crippen LogP contribution in [-0.4, -0.2) is 26.1 Å². The molecule has 0 bridgehead atoms. The van der Waals surface area contributed by atoms with Crippen molar-refractivity contribution in [2.45, 2.75) is 13.8 Å². The van der Waals surface area contributed by atoms with E-state index in [2.05, 4.69) is 15.5 Å². The molecule has 4 rings (SSSR count). The van der Waals surface area contributed by atoms with Gasteiger partial charge in [-0.15, -0.1) is 0 Å². The van der Waals surface area contributed by atoms with Crippen molar-refractivity contribution >= 4 is 28.2 Å². The van der Waals surface area contributed by atoms with Crippen LogP contribution in [0, 0.1) is 6.92 Å². The van der Waals surface area contributed by atoms with E-state index in [9.17, 15) is 14.7 Å². The van der Waals surface area contributed by atoms with Crippen LogP contribution in [0.2, 0.25) is 0 Å². The molecule has 4 aromatic rings. The SMILES string of the molecule is C/C(=N\NC(=O)c1c(C)nc2ccccn12)c1cc2ccc(O)cc2oc1=O. The van der Waals surface area contributed by atoms with Gasteiger partial charge in [0.25, 0.3) is 5.91 Å². The summed E-state index contributed by atoms with van der Waals surface area (Å²) in [6.45, 7) is 3.34. The van der Waals surface area contributed by atoms with E-state index in [1.165, 1.54) is 12.1 Å². The number of aryl methyl sites for hydroxylation is 1. The van der Waals surface area contributed by atoms with Crippen LogP contribution in [0.1, 0.15) is 28.7 Å². The van der Waals surface area contributed by atoms with Gasteiger partial charge in [0.2, 0.25) is 0 Å². The molecule has 3 heterocycles. The van der Waals surface area contributed by atoms with Crippen LogP contribution in [0.25, 0.3) is 16.6 Å². The predicted molar refractivity (Wildman–Crippen MR) is 104 cm³/mol. The Bertz CT molecular complexity index is 1320. The quantitative estimate of drug-likeness (QED) is 0.324. The zero-order valence-electron chi connectivity index (χ0n) is 15.1. The van der Waals surface area contributed by atoms with Crippen molar-refractivity contribution in [2.24, 2.45) is 5.10 Å². The topological polar surface area (TPSA) is 109 Å². The number of benzene rings is 1. The average molecular weight is 376 g/mol. The van der Waals surface area contributed by atoms with E-state index in [1.807, 2.05) is 6.07 Å². The lowest BCUT2D eigenvalue weighted by Crippen LogP contribution is -2.23. The van der Waals surface area contributed by atoms with Gasteiger partial charge in [-0.25, -0.2) is 15.2 Å². The molecule has 2 N–H and O–H groups in total. The first kappa shape index (κ1) is 17.5. The highest BCUT2D eigenvalue weighted by atomic mass is 16.4. The lowest BCUT2D eigenvalue weighted by atomic mass is 10.1. The number of pyridine rings is 1. The molecule has 140 valence electrons. The highest BCUT2D eigenvalue weighted by molar-refractivity contribution is 6.02. The molecule has 0 radical (unpaired) electrons. The first-order valence-electron chi connectivity index (χ1n) is 8.49. The molecule has 0 atom stereocenters. The van der Waals surface area contributed by atoms with Gasteiger partial charge in [0.1, 0.15) is 22.7 Å². The zero-order valence-corrected chi connectivity index (χ0v) is 15.1. The third-order valence-corrected chi connectivity index (χ3v) is 4.35. The fourth-order valence-corrected chi connectivity index (χ4v) is 2.99. The number of rotatable bonds is 3. The molecule has 0 saturated heterocycles. The molecule has 0 fully saturated rings. The third-order valence-electron chi connectivity index (χ3n) is 4.35. The molecule has 0 aliphatic rings. The van der Waals surface area contributed by atoms with E-state index in [-0.39, 0.29) is 16.9 Å². The van der Waals surface area contributed by atoms with E-state index < -0.39 is 11.5 Å². The number of hydrogen-bond acceptors (Lipinski definition) is 6. The van der Waals surface area contributed by atoms with Gasteiger partial charge < -0.3 is 9.52 Å². The molecule has 8 nitrogen and oxygen atoms in total. The highest BCUT2D eigenvalue weighted by Gasteiger charge is 2.16. The second kappa shape index (κ2) is 6.66. The standard InChI is InChI=1S/C20H16N4O4/c1-11(15-9-13-6-7-14(25)10-16(13)28-20(15)27)22-23-19(26)18-12(2)21-17-5-3-4-8-24(17)18/h3-10,25H,1-2H3,(H,23,26)/b22-11+. The smallest absolute Gasteiger partial charge is 0.345 e. The Morgan fingerprint density at radius 1 is 1.25 bits per heavy atom. The van der Waals surface area contributed by atoms with Crippen molar-refractivity contribution in [3.63, 3.8) is 0 Å². The summed E-state index contributed by atoms with van der Waals surface area (Å²) in [6, 6.07) is 11.5. The number of imidazole rings is 1. The molecule has 8 heteroatoms. The summed E-state index contributed by atoms with van der Waals surface area (Å²) in [4.78, 5) is 29.2. The number of aromatic hydroxyl groups is 1. The van der Waals surface area contributed by atoms with Gasteiger partial charge in [0.15, 0.2) is 0 Å². The number of amides is 1. The molecule has 0 aliphatic heterocycles. The van der Waals surface area contributed by atoms with Gasteiger partial charge in [-0.05, 0) is 44.2 Å². The van der Waals surface area contributed by atoms with E-state index in [0.717, 1.165) is 0 Å². The average Bonchev–Trinajstić information content (AvgIpc) is 3.01. The van der Waals surface area contributed by atoms with Crippen LogP contribution in [0.15, 0.2) is 63.0 Å². The van der Waals surface area contributed by atoms with Gasteiger partial charge >= 0.3 is 5.63 Å². The van der Waals surface area contributed by atoms with Gasteiger partial charge in [0.05, 0.1) is 17.0 Å². The number of carbonyl (C=O) groups is 1. The molecule has 3 aromatic heterocycles. The molecule has 28 heavy (non-hydrogen) atoms. The Morgan fingerprint density at radius 2 is 2.07 bits per heavy atom. The Balaban J connectivity index is 1.66. The number of phenolic OH excluding ortho intramolecular Hbond substituents is 1. The molecular formula is C20H16N4O4. The number of nitrogens with one attached hydrogen (secondary N) is 1. The molecule has 0 aliphatic carbocycles. The zero-order chi connectivity index (χ0) is 19.8. The van der Waals surface area contributed by atoms with Crippen molar-refractivity contribution in [1.82, 2.24) is 14.8 Å². The minimum absolute atomic E-state index is 0.00413. The molecule has 1 aromatic carbocycles. The maximum absolute atomic E-state index is 12.6. The first-order chi connectivity index (χ1) is 13.4. The van der Waals surface area contributed by atoms with Crippen molar-refractivity contribution in [3.8, 4) is 5.75 Å². The summed E-state index contributed by atoms with van der Waals surface area (Å²) in [6.07, 6.45) is 1.74. The Kier molecular flexibility index (Phi) is 4.15. The van der Waals surface area contributed by atoms with E-state index in [4.69, 9.17) is 4.42 Å².